The molecule has 2 aromatic carbocycles. The average molecular weight is 520 g/mol. The number of rotatable bonds is 16. The van der Waals surface area contributed by atoms with Crippen molar-refractivity contribution < 1.29 is 9.47 Å². The molecule has 0 amide bonds. The minimum absolute atomic E-state index is 0. The second-order valence-corrected chi connectivity index (χ2v) is 8.35. The molecule has 33 heavy (non-hydrogen) atoms. The standard InChI is InChI=1S/C26H39ClN2O2.2ClH/c1-4-6-16-29(17-7-5-2)18-10-15-28-20-22-13-14-25(26(19-22)30-3)31-21-23-11-8-9-12-24(23)27;;/h8-9,11-14,19,28H,4-7,10,15-18,20-21H2,1-3H3;2*1H. The lowest BCUT2D eigenvalue weighted by Gasteiger charge is -2.22. The van der Waals surface area contributed by atoms with Crippen molar-refractivity contribution in [3.8, 4) is 11.5 Å². The van der Waals surface area contributed by atoms with Crippen molar-refractivity contribution in [3.05, 3.63) is 58.6 Å². The molecule has 0 spiro atoms. The zero-order valence-electron chi connectivity index (χ0n) is 20.3. The van der Waals surface area contributed by atoms with Gasteiger partial charge in [-0.15, -0.1) is 24.8 Å². The van der Waals surface area contributed by atoms with Crippen LogP contribution in [0.4, 0.5) is 0 Å². The van der Waals surface area contributed by atoms with E-state index in [0.29, 0.717) is 11.6 Å². The third-order valence-corrected chi connectivity index (χ3v) is 5.75. The van der Waals surface area contributed by atoms with Gasteiger partial charge < -0.3 is 19.7 Å². The van der Waals surface area contributed by atoms with E-state index >= 15 is 0 Å². The summed E-state index contributed by atoms with van der Waals surface area (Å²) in [6.45, 7) is 10.4. The molecular formula is C26H41Cl3N2O2. The molecule has 1 N–H and O–H groups in total. The molecule has 0 aliphatic rings. The van der Waals surface area contributed by atoms with Crippen LogP contribution in [-0.2, 0) is 13.2 Å². The van der Waals surface area contributed by atoms with Crippen LogP contribution in [0.25, 0.3) is 0 Å². The second kappa shape index (κ2) is 19.2. The van der Waals surface area contributed by atoms with Gasteiger partial charge in [-0.3, -0.25) is 0 Å². The molecule has 0 heterocycles. The van der Waals surface area contributed by atoms with Crippen LogP contribution < -0.4 is 14.8 Å². The number of hydrogen-bond acceptors (Lipinski definition) is 4. The van der Waals surface area contributed by atoms with Gasteiger partial charge in [0.15, 0.2) is 11.5 Å². The predicted octanol–water partition coefficient (Wildman–Crippen LogP) is 7.15. The molecule has 7 heteroatoms. The summed E-state index contributed by atoms with van der Waals surface area (Å²) in [6.07, 6.45) is 6.29. The van der Waals surface area contributed by atoms with Crippen molar-refractivity contribution in [2.75, 3.05) is 33.3 Å². The summed E-state index contributed by atoms with van der Waals surface area (Å²) in [7, 11) is 1.68. The Kier molecular flexibility index (Phi) is 18.5. The molecule has 0 aliphatic carbocycles. The first-order valence-corrected chi connectivity index (χ1v) is 12.0. The third-order valence-electron chi connectivity index (χ3n) is 5.38. The average Bonchev–Trinajstić information content (AvgIpc) is 2.79. The van der Waals surface area contributed by atoms with Gasteiger partial charge in [-0.05, 0) is 69.2 Å². The van der Waals surface area contributed by atoms with Crippen molar-refractivity contribution in [2.24, 2.45) is 0 Å². The summed E-state index contributed by atoms with van der Waals surface area (Å²) in [5, 5.41) is 4.28. The highest BCUT2D eigenvalue weighted by Gasteiger charge is 2.08. The normalized spacial score (nSPS) is 10.5. The predicted molar refractivity (Wildman–Crippen MR) is 146 cm³/mol. The Labute approximate surface area is 218 Å². The van der Waals surface area contributed by atoms with Gasteiger partial charge >= 0.3 is 0 Å². The maximum absolute atomic E-state index is 6.22. The van der Waals surface area contributed by atoms with Crippen molar-refractivity contribution in [2.45, 2.75) is 59.1 Å². The lowest BCUT2D eigenvalue weighted by atomic mass is 10.2. The van der Waals surface area contributed by atoms with Crippen LogP contribution in [0.2, 0.25) is 5.02 Å². The van der Waals surface area contributed by atoms with E-state index in [-0.39, 0.29) is 24.8 Å². The largest absolute Gasteiger partial charge is 0.493 e. The van der Waals surface area contributed by atoms with Crippen LogP contribution in [0.1, 0.15) is 57.1 Å². The van der Waals surface area contributed by atoms with Crippen LogP contribution >= 0.6 is 36.4 Å². The summed E-state index contributed by atoms with van der Waals surface area (Å²) >= 11 is 6.22. The molecule has 0 unspecified atom stereocenters. The lowest BCUT2D eigenvalue weighted by molar-refractivity contribution is 0.261. The lowest BCUT2D eigenvalue weighted by Crippen LogP contribution is -2.29. The summed E-state index contributed by atoms with van der Waals surface area (Å²) in [4.78, 5) is 2.61. The van der Waals surface area contributed by atoms with E-state index in [9.17, 15) is 0 Å². The smallest absolute Gasteiger partial charge is 0.161 e. The van der Waals surface area contributed by atoms with E-state index in [1.165, 1.54) is 57.3 Å². The third kappa shape index (κ3) is 12.2. The van der Waals surface area contributed by atoms with E-state index in [2.05, 4.69) is 30.1 Å². The first-order valence-electron chi connectivity index (χ1n) is 11.6. The Hall–Kier alpha value is -1.17. The Morgan fingerprint density at radius 2 is 1.55 bits per heavy atom. The summed E-state index contributed by atoms with van der Waals surface area (Å²) < 4.78 is 11.5. The molecule has 0 saturated carbocycles. The summed E-state index contributed by atoms with van der Waals surface area (Å²) in [6, 6.07) is 13.8. The highest BCUT2D eigenvalue weighted by molar-refractivity contribution is 6.31. The van der Waals surface area contributed by atoms with Crippen LogP contribution in [0.3, 0.4) is 0 Å². The quantitative estimate of drug-likeness (QED) is 0.239. The molecular weight excluding hydrogens is 479 g/mol. The first-order chi connectivity index (χ1) is 15.2. The summed E-state index contributed by atoms with van der Waals surface area (Å²) in [5.41, 5.74) is 2.15. The molecule has 0 fully saturated rings. The molecule has 2 aromatic rings. The fourth-order valence-corrected chi connectivity index (χ4v) is 3.66. The van der Waals surface area contributed by atoms with Gasteiger partial charge in [0.1, 0.15) is 6.61 Å². The van der Waals surface area contributed by atoms with Crippen LogP contribution in [0, 0.1) is 0 Å². The highest BCUT2D eigenvalue weighted by Crippen LogP contribution is 2.29. The SMILES string of the molecule is CCCCN(CCCC)CCCNCc1ccc(OCc2ccccc2Cl)c(OC)c1.Cl.Cl. The van der Waals surface area contributed by atoms with E-state index in [1.54, 1.807) is 7.11 Å². The van der Waals surface area contributed by atoms with Crippen molar-refractivity contribution in [1.29, 1.82) is 0 Å². The zero-order valence-corrected chi connectivity index (χ0v) is 22.7. The maximum atomic E-state index is 6.22. The van der Waals surface area contributed by atoms with Crippen LogP contribution in [-0.4, -0.2) is 38.2 Å². The van der Waals surface area contributed by atoms with Crippen LogP contribution in [0.15, 0.2) is 42.5 Å². The molecule has 0 atom stereocenters. The van der Waals surface area contributed by atoms with Gasteiger partial charge in [0.05, 0.1) is 7.11 Å². The van der Waals surface area contributed by atoms with E-state index in [4.69, 9.17) is 21.1 Å². The second-order valence-electron chi connectivity index (χ2n) is 7.94. The van der Waals surface area contributed by atoms with Gasteiger partial charge in [-0.1, -0.05) is 62.6 Å². The molecule has 0 bridgehead atoms. The van der Waals surface area contributed by atoms with Gasteiger partial charge in [0.2, 0.25) is 0 Å². The van der Waals surface area contributed by atoms with Gasteiger partial charge in [-0.25, -0.2) is 0 Å². The van der Waals surface area contributed by atoms with Crippen molar-refractivity contribution >= 4 is 36.4 Å². The number of nitrogens with one attached hydrogen (secondary N) is 1. The molecule has 2 rings (SSSR count). The molecule has 0 aliphatic heterocycles. The molecule has 4 nitrogen and oxygen atoms in total. The fourth-order valence-electron chi connectivity index (χ4n) is 3.47. The number of unbranched alkanes of at least 4 members (excludes halogenated alkanes) is 2. The highest BCUT2D eigenvalue weighted by atomic mass is 35.5. The van der Waals surface area contributed by atoms with Gasteiger partial charge in [0, 0.05) is 17.1 Å². The number of hydrogen-bond donors (Lipinski definition) is 1. The van der Waals surface area contributed by atoms with E-state index in [1.807, 2.05) is 36.4 Å². The van der Waals surface area contributed by atoms with Gasteiger partial charge in [0.25, 0.3) is 0 Å². The van der Waals surface area contributed by atoms with E-state index < -0.39 is 0 Å². The van der Waals surface area contributed by atoms with E-state index in [0.717, 1.165) is 30.2 Å². The Morgan fingerprint density at radius 3 is 2.18 bits per heavy atom. The monoisotopic (exact) mass is 518 g/mol. The number of ether oxygens (including phenoxy) is 2. The minimum Gasteiger partial charge on any atom is -0.493 e. The minimum atomic E-state index is 0. The first kappa shape index (κ1) is 31.8. The summed E-state index contributed by atoms with van der Waals surface area (Å²) in [5.74, 6) is 1.48. The van der Waals surface area contributed by atoms with Gasteiger partial charge in [-0.2, -0.15) is 0 Å². The molecule has 0 aromatic heterocycles. The van der Waals surface area contributed by atoms with Crippen molar-refractivity contribution in [3.63, 3.8) is 0 Å². The molecule has 0 radical (unpaired) electrons. The number of benzene rings is 2. The Bertz CT molecular complexity index is 754. The Balaban J connectivity index is 0.00000512. The topological polar surface area (TPSA) is 33.7 Å². The molecule has 0 saturated heterocycles. The van der Waals surface area contributed by atoms with Crippen molar-refractivity contribution in [1.82, 2.24) is 10.2 Å². The maximum Gasteiger partial charge on any atom is 0.161 e. The molecule has 188 valence electrons. The van der Waals surface area contributed by atoms with Crippen LogP contribution in [0.5, 0.6) is 11.5 Å². The number of methoxy groups -OCH3 is 1. The zero-order chi connectivity index (χ0) is 22.3. The fraction of sp³-hybridized carbons (Fsp3) is 0.538. The Morgan fingerprint density at radius 1 is 0.879 bits per heavy atom. The number of nitrogens with zero attached hydrogens (tertiary/aromatic N) is 1. The number of halogens is 3.